The van der Waals surface area contributed by atoms with Crippen molar-refractivity contribution >= 4 is 118 Å². The van der Waals surface area contributed by atoms with Crippen LogP contribution in [0, 0.1) is 11.8 Å². The molecule has 2 aliphatic rings. The summed E-state index contributed by atoms with van der Waals surface area (Å²) in [5.41, 5.74) is 14.6. The van der Waals surface area contributed by atoms with E-state index in [2.05, 4.69) is 86.2 Å². The number of nitrogens with two attached hydrogens (primary N) is 2. The van der Waals surface area contributed by atoms with Crippen LogP contribution in [0.3, 0.4) is 0 Å². The Morgan fingerprint density at radius 1 is 0.548 bits per heavy atom. The zero-order valence-electron chi connectivity index (χ0n) is 28.1. The van der Waals surface area contributed by atoms with Crippen molar-refractivity contribution in [1.29, 1.82) is 0 Å². The van der Waals surface area contributed by atoms with Gasteiger partial charge in [-0.1, -0.05) is 43.6 Å². The van der Waals surface area contributed by atoms with Crippen LogP contribution in [0.15, 0.2) is 42.5 Å². The van der Waals surface area contributed by atoms with E-state index < -0.39 is 0 Å². The lowest BCUT2D eigenvalue weighted by atomic mass is 8.47. The fourth-order valence-electron chi connectivity index (χ4n) is 9.78. The van der Waals surface area contributed by atoms with Gasteiger partial charge in [0.05, 0.1) is 61.9 Å². The molecular weight excluding hydrogens is 494 g/mol. The maximum Gasteiger partial charge on any atom is 0.131 e. The minimum Gasteiger partial charge on any atom is -0.457 e. The van der Waals surface area contributed by atoms with E-state index >= 15 is 0 Å². The van der Waals surface area contributed by atoms with Crippen LogP contribution in [-0.2, 0) is 0 Å². The third-order valence-electron chi connectivity index (χ3n) is 11.3. The minimum absolute atomic E-state index is 0.623. The van der Waals surface area contributed by atoms with E-state index in [4.69, 9.17) is 16.2 Å². The summed E-state index contributed by atoms with van der Waals surface area (Å²) in [5, 5.41) is 0. The molecule has 2 aliphatic carbocycles. The Hall–Kier alpha value is -1.19. The second-order valence-electron chi connectivity index (χ2n) is 15.5. The van der Waals surface area contributed by atoms with Crippen molar-refractivity contribution in [2.24, 2.45) is 11.8 Å². The predicted molar refractivity (Wildman–Crippen MR) is 221 cm³/mol. The van der Waals surface area contributed by atoms with Gasteiger partial charge in [0, 0.05) is 68.3 Å². The van der Waals surface area contributed by atoms with Gasteiger partial charge in [0.15, 0.2) is 0 Å². The molecule has 0 aliphatic heterocycles. The molecule has 0 unspecified atom stereocenters. The first-order valence-corrected chi connectivity index (χ1v) is 17.4. The highest BCUT2D eigenvalue weighted by atomic mass is 16.5. The van der Waals surface area contributed by atoms with Crippen LogP contribution in [0.25, 0.3) is 0 Å². The lowest BCUT2D eigenvalue weighted by Crippen LogP contribution is -2.75. The summed E-state index contributed by atoms with van der Waals surface area (Å²) in [4.78, 5) is 0. The molecule has 0 aromatic heterocycles. The molecular formula is C24H47B15N2O. The Balaban J connectivity index is 1.32. The first kappa shape index (κ1) is 33.7. The quantitative estimate of drug-likeness (QED) is 0.229. The van der Waals surface area contributed by atoms with E-state index in [-0.39, 0.29) is 0 Å². The standard InChI is InChI=1S/C24H47B15N2O/c25-34(26)38(35(27)28)33(39(36(29)30)37(31)32)20-9-5-18(6-10-20)16-1-3-17(4-2-16)19-7-11-23(12-8-19)42-24-14-21(40)13-22(41)15-24/h7-8,11-18,20H,1-6,9-10,25-32,40-41H2. The molecule has 3 nitrogen and oxygen atoms in total. The first-order chi connectivity index (χ1) is 19.9. The van der Waals surface area contributed by atoms with Crippen LogP contribution in [0.4, 0.5) is 11.4 Å². The van der Waals surface area contributed by atoms with Gasteiger partial charge in [-0.05, 0) is 67.2 Å². The Morgan fingerprint density at radius 2 is 0.976 bits per heavy atom. The second kappa shape index (κ2) is 15.2. The maximum absolute atomic E-state index is 6.03. The number of hydrogen-bond donors (Lipinski definition) is 2. The van der Waals surface area contributed by atoms with E-state index in [0.717, 1.165) is 68.2 Å². The molecule has 2 aromatic carbocycles. The largest absolute Gasteiger partial charge is 0.457 e. The molecule has 42 heavy (non-hydrogen) atoms. The summed E-state index contributed by atoms with van der Waals surface area (Å²) >= 11 is 0. The maximum atomic E-state index is 6.03. The summed E-state index contributed by atoms with van der Waals surface area (Å²) in [5.74, 6) is 4.98. The van der Waals surface area contributed by atoms with Crippen LogP contribution in [0.1, 0.15) is 62.8 Å². The van der Waals surface area contributed by atoms with Gasteiger partial charge >= 0.3 is 0 Å². The van der Waals surface area contributed by atoms with Gasteiger partial charge in [-0.3, -0.25) is 0 Å². The van der Waals surface area contributed by atoms with Gasteiger partial charge in [-0.2, -0.15) is 0 Å². The van der Waals surface area contributed by atoms with Crippen LogP contribution < -0.4 is 16.2 Å². The Bertz CT molecular complexity index is 1070. The number of benzene rings is 2. The SMILES string of the molecule is BB(B)B(B(B)B)B(B(B(B)B)B(B)B)C1CCC(C2CCC(c3ccc(Oc4cc(N)cc(N)c4)cc3)CC2)CC1. The number of anilines is 2. The highest BCUT2D eigenvalue weighted by Crippen LogP contribution is 2.46. The molecule has 0 radical (unpaired) electrons. The molecule has 2 saturated carbocycles. The molecule has 2 aromatic rings. The molecule has 0 atom stereocenters. The fourth-order valence-corrected chi connectivity index (χ4v) is 9.78. The topological polar surface area (TPSA) is 61.3 Å². The van der Waals surface area contributed by atoms with E-state index in [0.29, 0.717) is 23.0 Å². The monoisotopic (exact) mass is 545 g/mol. The average Bonchev–Trinajstić information content (AvgIpc) is 2.92. The predicted octanol–water partition coefficient (Wildman–Crippen LogP) is -3.55. The van der Waals surface area contributed by atoms with Gasteiger partial charge in [0.1, 0.15) is 11.5 Å². The molecule has 204 valence electrons. The summed E-state index contributed by atoms with van der Waals surface area (Å²) in [6, 6.07) is 14.1. The van der Waals surface area contributed by atoms with Crippen molar-refractivity contribution in [2.45, 2.75) is 63.1 Å². The highest BCUT2D eigenvalue weighted by molar-refractivity contribution is 8.08. The third kappa shape index (κ3) is 8.50. The number of rotatable bonds is 11. The molecule has 2 fully saturated rings. The van der Waals surface area contributed by atoms with E-state index in [1.165, 1.54) is 56.9 Å². The zero-order valence-corrected chi connectivity index (χ0v) is 28.1. The van der Waals surface area contributed by atoms with Gasteiger partial charge in [0.25, 0.3) is 0 Å². The summed E-state index contributed by atoms with van der Waals surface area (Å²) in [7, 11) is 20.0. The minimum atomic E-state index is 0.623. The summed E-state index contributed by atoms with van der Waals surface area (Å²) < 4.78 is 6.03. The summed E-state index contributed by atoms with van der Waals surface area (Å²) in [6.07, 6.45) is 16.0. The van der Waals surface area contributed by atoms with Crippen LogP contribution in [-0.4, -0.2) is 107 Å². The zero-order chi connectivity index (χ0) is 30.6. The van der Waals surface area contributed by atoms with Gasteiger partial charge < -0.3 is 16.2 Å². The molecule has 4 N–H and O–H groups in total. The Labute approximate surface area is 267 Å². The van der Waals surface area contributed by atoms with Crippen molar-refractivity contribution in [1.82, 2.24) is 0 Å². The first-order valence-electron chi connectivity index (χ1n) is 17.4. The molecule has 0 amide bonds. The van der Waals surface area contributed by atoms with E-state index in [9.17, 15) is 0 Å². The second-order valence-corrected chi connectivity index (χ2v) is 15.5. The van der Waals surface area contributed by atoms with E-state index in [1.54, 1.807) is 6.07 Å². The normalized spacial score (nSPS) is 22.0. The van der Waals surface area contributed by atoms with Crippen LogP contribution in [0.2, 0.25) is 5.82 Å². The average molecular weight is 542 g/mol. The van der Waals surface area contributed by atoms with Crippen LogP contribution in [0.5, 0.6) is 11.5 Å². The van der Waals surface area contributed by atoms with Gasteiger partial charge in [-0.15, -0.1) is 0 Å². The van der Waals surface area contributed by atoms with Crippen LogP contribution >= 0.6 is 0 Å². The Morgan fingerprint density at radius 3 is 1.40 bits per heavy atom. The van der Waals surface area contributed by atoms with Crippen molar-refractivity contribution in [3.8, 4) is 11.5 Å². The van der Waals surface area contributed by atoms with Crippen molar-refractivity contribution in [3.05, 3.63) is 48.0 Å². The summed E-state index contributed by atoms with van der Waals surface area (Å²) in [6.45, 7) is 0.866. The van der Waals surface area contributed by atoms with Crippen molar-refractivity contribution in [2.75, 3.05) is 11.5 Å². The highest BCUT2D eigenvalue weighted by Gasteiger charge is 2.47. The van der Waals surface area contributed by atoms with Crippen molar-refractivity contribution < 1.29 is 4.74 Å². The molecule has 0 spiro atoms. The molecule has 0 heterocycles. The number of nitrogen functional groups attached to an aromatic ring is 2. The third-order valence-corrected chi connectivity index (χ3v) is 11.3. The number of ether oxygens (including phenoxy) is 1. The molecule has 0 bridgehead atoms. The Kier molecular flexibility index (Phi) is 12.2. The van der Waals surface area contributed by atoms with Gasteiger partial charge in [-0.25, -0.2) is 0 Å². The lowest BCUT2D eigenvalue weighted by Gasteiger charge is -2.45. The molecule has 4 rings (SSSR count). The van der Waals surface area contributed by atoms with Crippen molar-refractivity contribution in [3.63, 3.8) is 0 Å². The molecule has 0 saturated heterocycles. The smallest absolute Gasteiger partial charge is 0.131 e. The van der Waals surface area contributed by atoms with E-state index in [1.807, 2.05) is 12.1 Å². The molecule has 18 heteroatoms. The fraction of sp³-hybridized carbons (Fsp3) is 0.500. The van der Waals surface area contributed by atoms with Gasteiger partial charge in [0.2, 0.25) is 0 Å². The lowest BCUT2D eigenvalue weighted by molar-refractivity contribution is 0.186. The number of hydrogen-bond acceptors (Lipinski definition) is 3.